The number of benzene rings is 1. The lowest BCUT2D eigenvalue weighted by atomic mass is 10.0. The maximum absolute atomic E-state index is 5.65. The zero-order valence-corrected chi connectivity index (χ0v) is 13.4. The predicted octanol–water partition coefficient (Wildman–Crippen LogP) is 4.70. The van der Waals surface area contributed by atoms with Crippen LogP contribution in [0.3, 0.4) is 0 Å². The van der Waals surface area contributed by atoms with Gasteiger partial charge in [0.15, 0.2) is 0 Å². The van der Waals surface area contributed by atoms with Gasteiger partial charge in [-0.3, -0.25) is 0 Å². The Morgan fingerprint density at radius 1 is 1.14 bits per heavy atom. The van der Waals surface area contributed by atoms with Gasteiger partial charge in [0.1, 0.15) is 5.76 Å². The molecule has 1 N–H and O–H groups in total. The Kier molecular flexibility index (Phi) is 6.00. The average Bonchev–Trinajstić information content (AvgIpc) is 2.82. The van der Waals surface area contributed by atoms with Gasteiger partial charge in [0.05, 0.1) is 12.2 Å². The molecule has 0 radical (unpaired) electrons. The molecule has 0 saturated heterocycles. The third-order valence-electron chi connectivity index (χ3n) is 3.87. The molecule has 1 aromatic carbocycles. The van der Waals surface area contributed by atoms with Gasteiger partial charge < -0.3 is 9.73 Å². The minimum Gasteiger partial charge on any atom is -0.444 e. The number of nitrogens with one attached hydrogen (secondary N) is 1. The van der Waals surface area contributed by atoms with Gasteiger partial charge in [-0.1, -0.05) is 56.5 Å². The molecule has 1 aromatic heterocycles. The average molecular weight is 286 g/mol. The topological polar surface area (TPSA) is 38.1 Å². The smallest absolute Gasteiger partial charge is 0.208 e. The van der Waals surface area contributed by atoms with Crippen LogP contribution in [0.5, 0.6) is 0 Å². The van der Waals surface area contributed by atoms with E-state index in [1.165, 1.54) is 24.8 Å². The minimum absolute atomic E-state index is 0.366. The van der Waals surface area contributed by atoms with Gasteiger partial charge in [-0.25, -0.2) is 4.98 Å². The maximum atomic E-state index is 5.65. The second-order valence-corrected chi connectivity index (χ2v) is 5.59. The highest BCUT2D eigenvalue weighted by Gasteiger charge is 2.12. The standard InChI is InChI=1S/C18H26N2O/c1-4-5-7-12-17(16-10-8-6-9-11-16)19-13-18-20-14(2)15(3)21-18/h6,8-11,17,19H,4-5,7,12-13H2,1-3H3. The molecule has 1 heterocycles. The summed E-state index contributed by atoms with van der Waals surface area (Å²) < 4.78 is 5.65. The van der Waals surface area contributed by atoms with Crippen molar-refractivity contribution in [2.45, 2.75) is 59.0 Å². The molecule has 0 aliphatic rings. The summed E-state index contributed by atoms with van der Waals surface area (Å²) in [5.41, 5.74) is 2.32. The first-order chi connectivity index (χ1) is 10.2. The summed E-state index contributed by atoms with van der Waals surface area (Å²) in [6.07, 6.45) is 4.92. The fourth-order valence-corrected chi connectivity index (χ4v) is 2.50. The van der Waals surface area contributed by atoms with Crippen LogP contribution >= 0.6 is 0 Å². The summed E-state index contributed by atoms with van der Waals surface area (Å²) in [6.45, 7) is 6.86. The highest BCUT2D eigenvalue weighted by Crippen LogP contribution is 2.20. The van der Waals surface area contributed by atoms with Crippen molar-refractivity contribution in [1.29, 1.82) is 0 Å². The van der Waals surface area contributed by atoms with E-state index in [2.05, 4.69) is 47.6 Å². The van der Waals surface area contributed by atoms with Crippen LogP contribution in [0, 0.1) is 13.8 Å². The first-order valence-corrected chi connectivity index (χ1v) is 7.92. The van der Waals surface area contributed by atoms with Gasteiger partial charge in [-0.15, -0.1) is 0 Å². The molecule has 0 saturated carbocycles. The van der Waals surface area contributed by atoms with Crippen LogP contribution in [0.1, 0.15) is 61.6 Å². The molecule has 0 amide bonds. The fraction of sp³-hybridized carbons (Fsp3) is 0.500. The minimum atomic E-state index is 0.366. The molecular weight excluding hydrogens is 260 g/mol. The van der Waals surface area contributed by atoms with E-state index in [9.17, 15) is 0 Å². The van der Waals surface area contributed by atoms with Crippen LogP contribution in [0.15, 0.2) is 34.7 Å². The number of unbranched alkanes of at least 4 members (excludes halogenated alkanes) is 2. The lowest BCUT2D eigenvalue weighted by Crippen LogP contribution is -2.21. The highest BCUT2D eigenvalue weighted by atomic mass is 16.4. The van der Waals surface area contributed by atoms with Crippen LogP contribution in [0.25, 0.3) is 0 Å². The summed E-state index contributed by atoms with van der Waals surface area (Å²) >= 11 is 0. The molecule has 0 spiro atoms. The van der Waals surface area contributed by atoms with Crippen molar-refractivity contribution in [3.8, 4) is 0 Å². The van der Waals surface area contributed by atoms with Crippen molar-refractivity contribution in [2.24, 2.45) is 0 Å². The van der Waals surface area contributed by atoms with E-state index in [0.29, 0.717) is 12.6 Å². The van der Waals surface area contributed by atoms with Crippen LogP contribution in [-0.4, -0.2) is 4.98 Å². The Bertz CT molecular complexity index is 514. The SMILES string of the molecule is CCCCCC(NCc1nc(C)c(C)o1)c1ccccc1. The fourth-order valence-electron chi connectivity index (χ4n) is 2.50. The van der Waals surface area contributed by atoms with Gasteiger partial charge in [0.25, 0.3) is 0 Å². The number of aryl methyl sites for hydroxylation is 2. The van der Waals surface area contributed by atoms with E-state index in [1.807, 2.05) is 13.8 Å². The zero-order valence-electron chi connectivity index (χ0n) is 13.4. The number of nitrogens with zero attached hydrogens (tertiary/aromatic N) is 1. The Hall–Kier alpha value is -1.61. The molecule has 21 heavy (non-hydrogen) atoms. The van der Waals surface area contributed by atoms with Gasteiger partial charge >= 0.3 is 0 Å². The molecule has 0 aliphatic carbocycles. The summed E-state index contributed by atoms with van der Waals surface area (Å²) in [7, 11) is 0. The number of aromatic nitrogens is 1. The Morgan fingerprint density at radius 3 is 2.52 bits per heavy atom. The van der Waals surface area contributed by atoms with Crippen molar-refractivity contribution in [3.05, 3.63) is 53.2 Å². The molecular formula is C18H26N2O. The molecule has 2 rings (SSSR count). The maximum Gasteiger partial charge on any atom is 0.208 e. The number of hydrogen-bond donors (Lipinski definition) is 1. The number of oxazole rings is 1. The van der Waals surface area contributed by atoms with Gasteiger partial charge in [0.2, 0.25) is 5.89 Å². The van der Waals surface area contributed by atoms with E-state index in [4.69, 9.17) is 4.42 Å². The van der Waals surface area contributed by atoms with Crippen LogP contribution in [0.4, 0.5) is 0 Å². The van der Waals surface area contributed by atoms with Gasteiger partial charge in [0, 0.05) is 6.04 Å². The second kappa shape index (κ2) is 7.99. The van der Waals surface area contributed by atoms with Crippen LogP contribution < -0.4 is 5.32 Å². The van der Waals surface area contributed by atoms with Crippen molar-refractivity contribution in [1.82, 2.24) is 10.3 Å². The molecule has 0 aliphatic heterocycles. The van der Waals surface area contributed by atoms with E-state index in [0.717, 1.165) is 23.8 Å². The molecule has 0 bridgehead atoms. The third kappa shape index (κ3) is 4.71. The summed E-state index contributed by atoms with van der Waals surface area (Å²) in [5, 5.41) is 3.60. The monoisotopic (exact) mass is 286 g/mol. The van der Waals surface area contributed by atoms with Gasteiger partial charge in [-0.2, -0.15) is 0 Å². The van der Waals surface area contributed by atoms with Crippen LogP contribution in [0.2, 0.25) is 0 Å². The number of rotatable bonds is 8. The molecule has 0 fully saturated rings. The first-order valence-electron chi connectivity index (χ1n) is 7.92. The quantitative estimate of drug-likeness (QED) is 0.715. The van der Waals surface area contributed by atoms with Crippen molar-refractivity contribution < 1.29 is 4.42 Å². The van der Waals surface area contributed by atoms with Gasteiger partial charge in [-0.05, 0) is 25.8 Å². The second-order valence-electron chi connectivity index (χ2n) is 5.59. The van der Waals surface area contributed by atoms with E-state index in [1.54, 1.807) is 0 Å². The summed E-state index contributed by atoms with van der Waals surface area (Å²) in [6, 6.07) is 11.0. The Labute approximate surface area is 127 Å². The molecule has 3 nitrogen and oxygen atoms in total. The van der Waals surface area contributed by atoms with E-state index >= 15 is 0 Å². The molecule has 114 valence electrons. The Morgan fingerprint density at radius 2 is 1.90 bits per heavy atom. The van der Waals surface area contributed by atoms with Crippen LogP contribution in [-0.2, 0) is 6.54 Å². The first kappa shape index (κ1) is 15.8. The molecule has 1 unspecified atom stereocenters. The van der Waals surface area contributed by atoms with E-state index < -0.39 is 0 Å². The Balaban J connectivity index is 1.98. The highest BCUT2D eigenvalue weighted by molar-refractivity contribution is 5.19. The molecule has 2 aromatic rings. The van der Waals surface area contributed by atoms with E-state index in [-0.39, 0.29) is 0 Å². The normalized spacial score (nSPS) is 12.5. The zero-order chi connectivity index (χ0) is 15.1. The van der Waals surface area contributed by atoms with Crippen molar-refractivity contribution >= 4 is 0 Å². The third-order valence-corrected chi connectivity index (χ3v) is 3.87. The molecule has 3 heteroatoms. The summed E-state index contributed by atoms with van der Waals surface area (Å²) in [4.78, 5) is 4.44. The predicted molar refractivity (Wildman–Crippen MR) is 86.1 cm³/mol. The van der Waals surface area contributed by atoms with Crippen molar-refractivity contribution in [3.63, 3.8) is 0 Å². The summed E-state index contributed by atoms with van der Waals surface area (Å²) in [5.74, 6) is 1.69. The lowest BCUT2D eigenvalue weighted by molar-refractivity contribution is 0.407. The largest absolute Gasteiger partial charge is 0.444 e. The lowest BCUT2D eigenvalue weighted by Gasteiger charge is -2.18. The molecule has 1 atom stereocenters. The van der Waals surface area contributed by atoms with Crippen molar-refractivity contribution in [2.75, 3.05) is 0 Å². The number of hydrogen-bond acceptors (Lipinski definition) is 3.